The number of nitrogens with one attached hydrogen (secondary N) is 1. The Morgan fingerprint density at radius 3 is 2.69 bits per heavy atom. The molecule has 72 valence electrons. The first-order chi connectivity index (χ1) is 6.24. The van der Waals surface area contributed by atoms with Crippen LogP contribution in [0.25, 0.3) is 0 Å². The maximum atomic E-state index is 5.79. The minimum Gasteiger partial charge on any atom is -0.409 e. The zero-order chi connectivity index (χ0) is 9.68. The van der Waals surface area contributed by atoms with Crippen LogP contribution >= 0.6 is 23.2 Å². The highest BCUT2D eigenvalue weighted by atomic mass is 35.5. The third-order valence-electron chi connectivity index (χ3n) is 1.43. The van der Waals surface area contributed by atoms with E-state index in [1.807, 2.05) is 0 Å². The molecule has 0 saturated heterocycles. The molecule has 0 aliphatic heterocycles. The molecule has 0 radical (unpaired) electrons. The SMILES string of the molecule is CCCNOc1ccc(Cl)c(Cl)c1. The van der Waals surface area contributed by atoms with Crippen LogP contribution in [0.2, 0.25) is 10.0 Å². The number of rotatable bonds is 4. The first-order valence-electron chi connectivity index (χ1n) is 4.08. The summed E-state index contributed by atoms with van der Waals surface area (Å²) in [7, 11) is 0. The first kappa shape index (κ1) is 10.6. The highest BCUT2D eigenvalue weighted by Gasteiger charge is 1.99. The summed E-state index contributed by atoms with van der Waals surface area (Å²) in [5.74, 6) is 0.669. The van der Waals surface area contributed by atoms with Crippen molar-refractivity contribution in [1.29, 1.82) is 0 Å². The maximum absolute atomic E-state index is 5.79. The molecule has 1 rings (SSSR count). The van der Waals surface area contributed by atoms with Crippen LogP contribution < -0.4 is 10.3 Å². The van der Waals surface area contributed by atoms with E-state index in [2.05, 4.69) is 12.4 Å². The van der Waals surface area contributed by atoms with Crippen molar-refractivity contribution in [2.45, 2.75) is 13.3 Å². The van der Waals surface area contributed by atoms with E-state index < -0.39 is 0 Å². The fourth-order valence-electron chi connectivity index (χ4n) is 0.777. The molecule has 0 spiro atoms. The summed E-state index contributed by atoms with van der Waals surface area (Å²) >= 11 is 11.5. The molecular formula is C9H11Cl2NO. The molecule has 13 heavy (non-hydrogen) atoms. The van der Waals surface area contributed by atoms with Gasteiger partial charge in [0, 0.05) is 12.6 Å². The Morgan fingerprint density at radius 2 is 2.08 bits per heavy atom. The number of halogens is 2. The van der Waals surface area contributed by atoms with Crippen LogP contribution in [0.5, 0.6) is 5.75 Å². The molecule has 1 aromatic carbocycles. The fraction of sp³-hybridized carbons (Fsp3) is 0.333. The largest absolute Gasteiger partial charge is 0.409 e. The average Bonchev–Trinajstić information content (AvgIpc) is 2.12. The van der Waals surface area contributed by atoms with Crippen molar-refractivity contribution in [2.75, 3.05) is 6.54 Å². The maximum Gasteiger partial charge on any atom is 0.148 e. The third-order valence-corrected chi connectivity index (χ3v) is 2.17. The molecule has 0 aliphatic carbocycles. The second kappa shape index (κ2) is 5.32. The Morgan fingerprint density at radius 1 is 1.31 bits per heavy atom. The van der Waals surface area contributed by atoms with Crippen molar-refractivity contribution >= 4 is 23.2 Å². The van der Waals surface area contributed by atoms with Gasteiger partial charge in [0.1, 0.15) is 5.75 Å². The predicted octanol–water partition coefficient (Wildman–Crippen LogP) is 3.29. The predicted molar refractivity (Wildman–Crippen MR) is 55.4 cm³/mol. The lowest BCUT2D eigenvalue weighted by Crippen LogP contribution is -2.18. The molecule has 1 N–H and O–H groups in total. The summed E-state index contributed by atoms with van der Waals surface area (Å²) in [5.41, 5.74) is 2.80. The summed E-state index contributed by atoms with van der Waals surface area (Å²) in [5, 5.41) is 1.03. The summed E-state index contributed by atoms with van der Waals surface area (Å²) in [4.78, 5) is 5.19. The zero-order valence-electron chi connectivity index (χ0n) is 7.31. The van der Waals surface area contributed by atoms with Crippen molar-refractivity contribution in [2.24, 2.45) is 0 Å². The van der Waals surface area contributed by atoms with Gasteiger partial charge in [-0.05, 0) is 18.6 Å². The fourth-order valence-corrected chi connectivity index (χ4v) is 1.06. The molecule has 0 amide bonds. The minimum absolute atomic E-state index is 0.498. The van der Waals surface area contributed by atoms with Gasteiger partial charge in [-0.25, -0.2) is 0 Å². The van der Waals surface area contributed by atoms with Gasteiger partial charge >= 0.3 is 0 Å². The lowest BCUT2D eigenvalue weighted by atomic mass is 10.3. The van der Waals surface area contributed by atoms with Gasteiger partial charge in [-0.3, -0.25) is 0 Å². The Hall–Kier alpha value is -0.440. The molecule has 0 saturated carbocycles. The molecule has 0 bridgehead atoms. The normalized spacial score (nSPS) is 10.1. The van der Waals surface area contributed by atoms with Crippen LogP contribution in [0.3, 0.4) is 0 Å². The highest BCUT2D eigenvalue weighted by Crippen LogP contribution is 2.25. The van der Waals surface area contributed by atoms with Crippen LogP contribution in [0.1, 0.15) is 13.3 Å². The van der Waals surface area contributed by atoms with E-state index in [1.54, 1.807) is 18.2 Å². The van der Waals surface area contributed by atoms with E-state index in [9.17, 15) is 0 Å². The van der Waals surface area contributed by atoms with Crippen LogP contribution in [-0.4, -0.2) is 6.54 Å². The van der Waals surface area contributed by atoms with Crippen LogP contribution in [-0.2, 0) is 0 Å². The molecule has 0 fully saturated rings. The van der Waals surface area contributed by atoms with E-state index in [0.29, 0.717) is 15.8 Å². The average molecular weight is 220 g/mol. The van der Waals surface area contributed by atoms with Crippen molar-refractivity contribution in [3.8, 4) is 5.75 Å². The summed E-state index contributed by atoms with van der Waals surface area (Å²) < 4.78 is 0. The Balaban J connectivity index is 2.53. The minimum atomic E-state index is 0.498. The van der Waals surface area contributed by atoms with Crippen LogP contribution in [0.15, 0.2) is 18.2 Å². The topological polar surface area (TPSA) is 21.3 Å². The monoisotopic (exact) mass is 219 g/mol. The molecule has 0 atom stereocenters. The van der Waals surface area contributed by atoms with Gasteiger partial charge in [0.25, 0.3) is 0 Å². The molecule has 1 aromatic rings. The Bertz CT molecular complexity index is 278. The van der Waals surface area contributed by atoms with Crippen molar-refractivity contribution in [3.63, 3.8) is 0 Å². The van der Waals surface area contributed by atoms with E-state index in [4.69, 9.17) is 28.0 Å². The van der Waals surface area contributed by atoms with Gasteiger partial charge in [-0.15, -0.1) is 0 Å². The van der Waals surface area contributed by atoms with Crippen LogP contribution in [0.4, 0.5) is 0 Å². The summed E-state index contributed by atoms with van der Waals surface area (Å²) in [6, 6.07) is 5.14. The molecule has 4 heteroatoms. The van der Waals surface area contributed by atoms with E-state index >= 15 is 0 Å². The smallest absolute Gasteiger partial charge is 0.148 e. The second-order valence-corrected chi connectivity index (χ2v) is 3.39. The van der Waals surface area contributed by atoms with Crippen LogP contribution in [0, 0.1) is 0 Å². The van der Waals surface area contributed by atoms with Gasteiger partial charge in [-0.1, -0.05) is 30.1 Å². The van der Waals surface area contributed by atoms with E-state index in [1.165, 1.54) is 0 Å². The Labute approximate surface area is 87.8 Å². The molecule has 0 unspecified atom stereocenters. The van der Waals surface area contributed by atoms with Crippen molar-refractivity contribution in [1.82, 2.24) is 5.48 Å². The summed E-state index contributed by atoms with van der Waals surface area (Å²) in [6.07, 6.45) is 1.02. The van der Waals surface area contributed by atoms with Gasteiger partial charge in [0.2, 0.25) is 0 Å². The van der Waals surface area contributed by atoms with E-state index in [-0.39, 0.29) is 0 Å². The van der Waals surface area contributed by atoms with E-state index in [0.717, 1.165) is 13.0 Å². The first-order valence-corrected chi connectivity index (χ1v) is 4.84. The molecular weight excluding hydrogens is 209 g/mol. The Kier molecular flexibility index (Phi) is 4.36. The van der Waals surface area contributed by atoms with Crippen molar-refractivity contribution < 1.29 is 4.84 Å². The second-order valence-electron chi connectivity index (χ2n) is 2.57. The molecule has 0 heterocycles. The highest BCUT2D eigenvalue weighted by molar-refractivity contribution is 6.42. The molecule has 2 nitrogen and oxygen atoms in total. The van der Waals surface area contributed by atoms with Crippen molar-refractivity contribution in [3.05, 3.63) is 28.2 Å². The van der Waals surface area contributed by atoms with Gasteiger partial charge in [-0.2, -0.15) is 5.48 Å². The molecule has 0 aromatic heterocycles. The number of benzene rings is 1. The number of hydrogen-bond donors (Lipinski definition) is 1. The standard InChI is InChI=1S/C9H11Cl2NO/c1-2-5-12-13-7-3-4-8(10)9(11)6-7/h3-4,6,12H,2,5H2,1H3. The number of hydrogen-bond acceptors (Lipinski definition) is 2. The van der Waals surface area contributed by atoms with Gasteiger partial charge in [0.05, 0.1) is 10.0 Å². The lowest BCUT2D eigenvalue weighted by Gasteiger charge is -2.06. The third kappa shape index (κ3) is 3.43. The van der Waals surface area contributed by atoms with Gasteiger partial charge < -0.3 is 4.84 Å². The van der Waals surface area contributed by atoms with Gasteiger partial charge in [0.15, 0.2) is 0 Å². The number of hydroxylamine groups is 1. The quantitative estimate of drug-likeness (QED) is 0.620. The zero-order valence-corrected chi connectivity index (χ0v) is 8.82. The lowest BCUT2D eigenvalue weighted by molar-refractivity contribution is 0.196. The summed E-state index contributed by atoms with van der Waals surface area (Å²) in [6.45, 7) is 2.87. The molecule has 0 aliphatic rings.